The van der Waals surface area contributed by atoms with Crippen LogP contribution in [0, 0.1) is 0 Å². The number of rotatable bonds is 7. The molecule has 1 amide bonds. The first kappa shape index (κ1) is 16.4. The van der Waals surface area contributed by atoms with Gasteiger partial charge in [0.2, 0.25) is 0 Å². The molecule has 0 bridgehead atoms. The van der Waals surface area contributed by atoms with E-state index in [4.69, 9.17) is 4.74 Å². The van der Waals surface area contributed by atoms with E-state index in [-0.39, 0.29) is 12.5 Å². The standard InChI is InChI=1S/C18H17N5O2/c24-18(11-23-14-19-13-21-23)22-20-10-15-6-8-17(9-7-15)25-12-16-4-2-1-3-5-16/h1-10,13-14H,11-12H2,(H,22,24). The molecule has 0 radical (unpaired) electrons. The molecule has 0 aliphatic rings. The predicted molar refractivity (Wildman–Crippen MR) is 93.0 cm³/mol. The van der Waals surface area contributed by atoms with Crippen LogP contribution < -0.4 is 10.2 Å². The third kappa shape index (κ3) is 5.28. The van der Waals surface area contributed by atoms with Crippen molar-refractivity contribution >= 4 is 12.1 Å². The fraction of sp³-hybridized carbons (Fsp3) is 0.111. The SMILES string of the molecule is O=C(Cn1cncn1)NN=Cc1ccc(OCc2ccccc2)cc1. The number of hydrogen-bond donors (Lipinski definition) is 1. The minimum atomic E-state index is -0.274. The molecule has 0 atom stereocenters. The number of nitrogens with one attached hydrogen (secondary N) is 1. The molecule has 1 heterocycles. The Morgan fingerprint density at radius 1 is 1.16 bits per heavy atom. The Balaban J connectivity index is 1.46. The number of benzene rings is 2. The van der Waals surface area contributed by atoms with Crippen LogP contribution in [0.25, 0.3) is 0 Å². The quantitative estimate of drug-likeness (QED) is 0.529. The summed E-state index contributed by atoms with van der Waals surface area (Å²) in [4.78, 5) is 15.4. The number of hydrogen-bond acceptors (Lipinski definition) is 5. The lowest BCUT2D eigenvalue weighted by Gasteiger charge is -2.06. The van der Waals surface area contributed by atoms with Crippen molar-refractivity contribution in [2.24, 2.45) is 5.10 Å². The summed E-state index contributed by atoms with van der Waals surface area (Å²) in [5.74, 6) is 0.501. The van der Waals surface area contributed by atoms with Crippen molar-refractivity contribution < 1.29 is 9.53 Å². The maximum absolute atomic E-state index is 11.6. The Morgan fingerprint density at radius 2 is 1.96 bits per heavy atom. The number of nitrogens with zero attached hydrogens (tertiary/aromatic N) is 4. The number of carbonyl (C=O) groups excluding carboxylic acids is 1. The highest BCUT2D eigenvalue weighted by Crippen LogP contribution is 2.13. The minimum Gasteiger partial charge on any atom is -0.489 e. The summed E-state index contributed by atoms with van der Waals surface area (Å²) in [6.45, 7) is 0.593. The van der Waals surface area contributed by atoms with Gasteiger partial charge in [0, 0.05) is 0 Å². The van der Waals surface area contributed by atoms with E-state index in [2.05, 4.69) is 20.6 Å². The van der Waals surface area contributed by atoms with E-state index >= 15 is 0 Å². The average Bonchev–Trinajstić information content (AvgIpc) is 3.15. The lowest BCUT2D eigenvalue weighted by atomic mass is 10.2. The molecule has 0 unspecified atom stereocenters. The van der Waals surface area contributed by atoms with Crippen molar-refractivity contribution in [3.63, 3.8) is 0 Å². The topological polar surface area (TPSA) is 81.4 Å². The zero-order chi connectivity index (χ0) is 17.3. The summed E-state index contributed by atoms with van der Waals surface area (Å²) in [6.07, 6.45) is 4.41. The van der Waals surface area contributed by atoms with Crippen LogP contribution in [0.4, 0.5) is 0 Å². The van der Waals surface area contributed by atoms with Crippen molar-refractivity contribution in [3.05, 3.63) is 78.4 Å². The molecule has 0 saturated carbocycles. The van der Waals surface area contributed by atoms with Gasteiger partial charge in [-0.25, -0.2) is 15.1 Å². The first-order valence-corrected chi connectivity index (χ1v) is 7.71. The molecule has 0 fully saturated rings. The monoisotopic (exact) mass is 335 g/mol. The molecule has 7 heteroatoms. The fourth-order valence-corrected chi connectivity index (χ4v) is 2.07. The Hall–Kier alpha value is -3.48. The van der Waals surface area contributed by atoms with Crippen molar-refractivity contribution in [2.45, 2.75) is 13.2 Å². The van der Waals surface area contributed by atoms with Gasteiger partial charge in [-0.2, -0.15) is 10.2 Å². The van der Waals surface area contributed by atoms with E-state index in [0.717, 1.165) is 16.9 Å². The molecule has 25 heavy (non-hydrogen) atoms. The summed E-state index contributed by atoms with van der Waals surface area (Å²) in [5.41, 5.74) is 4.41. The molecule has 3 aromatic rings. The molecule has 0 spiro atoms. The highest BCUT2D eigenvalue weighted by Gasteiger charge is 2.01. The van der Waals surface area contributed by atoms with Crippen LogP contribution in [0.3, 0.4) is 0 Å². The van der Waals surface area contributed by atoms with Crippen LogP contribution in [0.1, 0.15) is 11.1 Å². The van der Waals surface area contributed by atoms with Crippen LogP contribution in [-0.2, 0) is 17.9 Å². The summed E-state index contributed by atoms with van der Waals surface area (Å²) < 4.78 is 7.14. The van der Waals surface area contributed by atoms with Gasteiger partial charge in [-0.3, -0.25) is 4.79 Å². The number of ether oxygens (including phenoxy) is 1. The molecule has 7 nitrogen and oxygen atoms in total. The van der Waals surface area contributed by atoms with Crippen molar-refractivity contribution in [3.8, 4) is 5.75 Å². The Labute approximate surface area is 145 Å². The molecule has 1 aromatic heterocycles. The first-order chi connectivity index (χ1) is 12.3. The molecule has 3 rings (SSSR count). The molecule has 0 saturated heterocycles. The van der Waals surface area contributed by atoms with Crippen molar-refractivity contribution in [1.82, 2.24) is 20.2 Å². The van der Waals surface area contributed by atoms with Crippen LogP contribution in [0.15, 0.2) is 72.4 Å². The number of carbonyl (C=O) groups is 1. The van der Waals surface area contributed by atoms with Crippen LogP contribution in [0.2, 0.25) is 0 Å². The molecule has 0 aliphatic heterocycles. The number of hydrazone groups is 1. The molecule has 2 aromatic carbocycles. The molecular weight excluding hydrogens is 318 g/mol. The highest BCUT2D eigenvalue weighted by molar-refractivity contribution is 5.82. The van der Waals surface area contributed by atoms with E-state index in [0.29, 0.717) is 6.61 Å². The molecule has 0 aliphatic carbocycles. The number of aromatic nitrogens is 3. The van der Waals surface area contributed by atoms with Gasteiger partial charge in [0.15, 0.2) is 0 Å². The molecule has 126 valence electrons. The van der Waals surface area contributed by atoms with Crippen molar-refractivity contribution in [1.29, 1.82) is 0 Å². The molecule has 1 N–H and O–H groups in total. The molecular formula is C18H17N5O2. The first-order valence-electron chi connectivity index (χ1n) is 7.71. The van der Waals surface area contributed by atoms with E-state index in [1.807, 2.05) is 54.6 Å². The predicted octanol–water partition coefficient (Wildman–Crippen LogP) is 2.01. The van der Waals surface area contributed by atoms with Gasteiger partial charge in [-0.1, -0.05) is 30.3 Å². The summed E-state index contributed by atoms with van der Waals surface area (Å²) in [5, 5.41) is 7.77. The zero-order valence-electron chi connectivity index (χ0n) is 13.4. The maximum atomic E-state index is 11.6. The summed E-state index contributed by atoms with van der Waals surface area (Å²) in [7, 11) is 0. The van der Waals surface area contributed by atoms with E-state index < -0.39 is 0 Å². The Morgan fingerprint density at radius 3 is 2.68 bits per heavy atom. The second-order valence-electron chi connectivity index (χ2n) is 5.23. The van der Waals surface area contributed by atoms with Crippen LogP contribution >= 0.6 is 0 Å². The highest BCUT2D eigenvalue weighted by atomic mass is 16.5. The van der Waals surface area contributed by atoms with Gasteiger partial charge in [0.05, 0.1) is 6.21 Å². The maximum Gasteiger partial charge on any atom is 0.261 e. The largest absolute Gasteiger partial charge is 0.489 e. The minimum absolute atomic E-state index is 0.0730. The third-order valence-electron chi connectivity index (χ3n) is 3.30. The normalized spacial score (nSPS) is 10.7. The van der Waals surface area contributed by atoms with E-state index in [1.54, 1.807) is 6.21 Å². The summed E-state index contributed by atoms with van der Waals surface area (Å²) in [6, 6.07) is 17.4. The van der Waals surface area contributed by atoms with Gasteiger partial charge in [0.1, 0.15) is 31.6 Å². The lowest BCUT2D eigenvalue weighted by molar-refractivity contribution is -0.121. The average molecular weight is 335 g/mol. The zero-order valence-corrected chi connectivity index (χ0v) is 13.4. The van der Waals surface area contributed by atoms with Crippen LogP contribution in [-0.4, -0.2) is 26.9 Å². The van der Waals surface area contributed by atoms with Gasteiger partial charge < -0.3 is 4.74 Å². The Bertz CT molecular complexity index is 814. The number of amides is 1. The van der Waals surface area contributed by atoms with E-state index in [1.165, 1.54) is 17.3 Å². The smallest absolute Gasteiger partial charge is 0.261 e. The van der Waals surface area contributed by atoms with Gasteiger partial charge in [-0.05, 0) is 35.4 Å². The third-order valence-corrected chi connectivity index (χ3v) is 3.30. The van der Waals surface area contributed by atoms with Crippen LogP contribution in [0.5, 0.6) is 5.75 Å². The van der Waals surface area contributed by atoms with Crippen molar-refractivity contribution in [2.75, 3.05) is 0 Å². The summed E-state index contributed by atoms with van der Waals surface area (Å²) >= 11 is 0. The van der Waals surface area contributed by atoms with Gasteiger partial charge in [-0.15, -0.1) is 0 Å². The van der Waals surface area contributed by atoms with Gasteiger partial charge in [0.25, 0.3) is 5.91 Å². The lowest BCUT2D eigenvalue weighted by Crippen LogP contribution is -2.23. The second kappa shape index (κ2) is 8.39. The van der Waals surface area contributed by atoms with Gasteiger partial charge >= 0.3 is 0 Å². The Kier molecular flexibility index (Phi) is 5.50. The second-order valence-corrected chi connectivity index (χ2v) is 5.23. The fourth-order valence-electron chi connectivity index (χ4n) is 2.07. The van der Waals surface area contributed by atoms with E-state index in [9.17, 15) is 4.79 Å².